The highest BCUT2D eigenvalue weighted by Crippen LogP contribution is 2.33. The van der Waals surface area contributed by atoms with E-state index in [4.69, 9.17) is 4.42 Å². The maximum Gasteiger partial charge on any atom is 0.134 e. The molecule has 0 aliphatic heterocycles. The predicted octanol–water partition coefficient (Wildman–Crippen LogP) is 3.01. The van der Waals surface area contributed by atoms with E-state index in [1.54, 1.807) is 24.2 Å². The molecule has 18 heavy (non-hydrogen) atoms. The maximum atomic E-state index is 10.5. The zero-order chi connectivity index (χ0) is 12.7. The predicted molar refractivity (Wildman–Crippen MR) is 71.2 cm³/mol. The van der Waals surface area contributed by atoms with Gasteiger partial charge in [-0.2, -0.15) is 5.10 Å². The number of aliphatic hydroxyl groups excluding tert-OH is 1. The summed E-state index contributed by atoms with van der Waals surface area (Å²) in [6.07, 6.45) is 2.49. The van der Waals surface area contributed by atoms with Crippen LogP contribution in [0.25, 0.3) is 11.0 Å². The summed E-state index contributed by atoms with van der Waals surface area (Å²) >= 11 is 3.39. The van der Waals surface area contributed by atoms with E-state index in [2.05, 4.69) is 21.0 Å². The third-order valence-corrected chi connectivity index (χ3v) is 3.61. The Balaban J connectivity index is 2.15. The van der Waals surface area contributed by atoms with Crippen LogP contribution in [0.15, 0.2) is 45.6 Å². The Morgan fingerprint density at radius 1 is 1.39 bits per heavy atom. The van der Waals surface area contributed by atoms with Crippen molar-refractivity contribution in [3.63, 3.8) is 0 Å². The average molecular weight is 307 g/mol. The Morgan fingerprint density at radius 2 is 2.17 bits per heavy atom. The molecule has 0 saturated carbocycles. The molecule has 92 valence electrons. The topological polar surface area (TPSA) is 51.2 Å². The lowest BCUT2D eigenvalue weighted by Crippen LogP contribution is -2.06. The first kappa shape index (κ1) is 11.5. The number of furan rings is 1. The van der Waals surface area contributed by atoms with E-state index in [1.807, 2.05) is 24.3 Å². The Labute approximate surface area is 112 Å². The second-order valence-corrected chi connectivity index (χ2v) is 4.95. The smallest absolute Gasteiger partial charge is 0.134 e. The van der Waals surface area contributed by atoms with Gasteiger partial charge in [-0.1, -0.05) is 18.2 Å². The number of nitrogens with zero attached hydrogens (tertiary/aromatic N) is 2. The summed E-state index contributed by atoms with van der Waals surface area (Å²) in [7, 11) is 1.80. The number of aliphatic hydroxyl groups is 1. The SMILES string of the molecule is Cn1ncc(Br)c1C(O)c1coc2ccccc12. The van der Waals surface area contributed by atoms with Crippen LogP contribution in [-0.2, 0) is 7.05 Å². The summed E-state index contributed by atoms with van der Waals surface area (Å²) in [6.45, 7) is 0. The van der Waals surface area contributed by atoms with Crippen molar-refractivity contribution in [2.45, 2.75) is 6.10 Å². The highest BCUT2D eigenvalue weighted by atomic mass is 79.9. The van der Waals surface area contributed by atoms with Crippen LogP contribution in [0.4, 0.5) is 0 Å². The molecule has 2 heterocycles. The number of hydrogen-bond donors (Lipinski definition) is 1. The number of hydrogen-bond acceptors (Lipinski definition) is 3. The molecule has 0 amide bonds. The first-order valence-electron chi connectivity index (χ1n) is 5.50. The van der Waals surface area contributed by atoms with Crippen molar-refractivity contribution in [1.82, 2.24) is 9.78 Å². The minimum Gasteiger partial charge on any atom is -0.464 e. The van der Waals surface area contributed by atoms with Gasteiger partial charge in [0.25, 0.3) is 0 Å². The van der Waals surface area contributed by atoms with Gasteiger partial charge in [-0.25, -0.2) is 0 Å². The van der Waals surface area contributed by atoms with Crippen molar-refractivity contribution >= 4 is 26.9 Å². The van der Waals surface area contributed by atoms with Gasteiger partial charge in [0, 0.05) is 18.0 Å². The first-order chi connectivity index (χ1) is 8.68. The van der Waals surface area contributed by atoms with Crippen molar-refractivity contribution < 1.29 is 9.52 Å². The molecule has 1 aromatic carbocycles. The van der Waals surface area contributed by atoms with Crippen LogP contribution in [0.1, 0.15) is 17.4 Å². The molecule has 1 unspecified atom stereocenters. The van der Waals surface area contributed by atoms with Crippen molar-refractivity contribution in [2.24, 2.45) is 7.05 Å². The number of benzene rings is 1. The standard InChI is InChI=1S/C13H11BrN2O2/c1-16-12(10(14)6-15-16)13(17)9-7-18-11-5-3-2-4-8(9)11/h2-7,13,17H,1H3. The zero-order valence-corrected chi connectivity index (χ0v) is 11.3. The molecule has 2 aromatic heterocycles. The maximum absolute atomic E-state index is 10.5. The van der Waals surface area contributed by atoms with E-state index < -0.39 is 6.10 Å². The third-order valence-electron chi connectivity index (χ3n) is 3.00. The van der Waals surface area contributed by atoms with Crippen molar-refractivity contribution in [2.75, 3.05) is 0 Å². The van der Waals surface area contributed by atoms with Crippen molar-refractivity contribution in [1.29, 1.82) is 0 Å². The van der Waals surface area contributed by atoms with E-state index in [1.165, 1.54) is 0 Å². The minimum absolute atomic E-state index is 0.710. The second-order valence-electron chi connectivity index (χ2n) is 4.09. The largest absolute Gasteiger partial charge is 0.464 e. The molecular weight excluding hydrogens is 296 g/mol. The number of fused-ring (bicyclic) bond motifs is 1. The Hall–Kier alpha value is -1.59. The summed E-state index contributed by atoms with van der Waals surface area (Å²) in [6, 6.07) is 7.64. The van der Waals surface area contributed by atoms with Crippen LogP contribution in [0.2, 0.25) is 0 Å². The van der Waals surface area contributed by atoms with Crippen LogP contribution in [0, 0.1) is 0 Å². The summed E-state index contributed by atoms with van der Waals surface area (Å²) in [5.41, 5.74) is 2.22. The monoisotopic (exact) mass is 306 g/mol. The van der Waals surface area contributed by atoms with E-state index in [0.29, 0.717) is 5.69 Å². The Bertz CT molecular complexity index is 682. The van der Waals surface area contributed by atoms with Gasteiger partial charge in [-0.3, -0.25) is 4.68 Å². The molecule has 0 bridgehead atoms. The van der Waals surface area contributed by atoms with Crippen molar-refractivity contribution in [3.8, 4) is 0 Å². The van der Waals surface area contributed by atoms with Crippen LogP contribution in [0.3, 0.4) is 0 Å². The zero-order valence-electron chi connectivity index (χ0n) is 9.67. The molecule has 0 radical (unpaired) electrons. The summed E-state index contributed by atoms with van der Waals surface area (Å²) in [5.74, 6) is 0. The summed E-state index contributed by atoms with van der Waals surface area (Å²) in [4.78, 5) is 0. The molecule has 0 aliphatic carbocycles. The van der Waals surface area contributed by atoms with Gasteiger partial charge in [0.05, 0.1) is 22.6 Å². The fraction of sp³-hybridized carbons (Fsp3) is 0.154. The lowest BCUT2D eigenvalue weighted by molar-refractivity contribution is 0.209. The molecule has 0 saturated heterocycles. The van der Waals surface area contributed by atoms with Crippen LogP contribution in [-0.4, -0.2) is 14.9 Å². The van der Waals surface area contributed by atoms with Crippen LogP contribution < -0.4 is 0 Å². The number of rotatable bonds is 2. The third kappa shape index (κ3) is 1.67. The summed E-state index contributed by atoms with van der Waals surface area (Å²) < 4.78 is 7.87. The molecular formula is C13H11BrN2O2. The van der Waals surface area contributed by atoms with Crippen molar-refractivity contribution in [3.05, 3.63) is 52.5 Å². The number of aromatic nitrogens is 2. The molecule has 0 aliphatic rings. The van der Waals surface area contributed by atoms with Gasteiger partial charge in [0.1, 0.15) is 11.7 Å². The normalized spacial score (nSPS) is 13.1. The quantitative estimate of drug-likeness (QED) is 0.792. The Morgan fingerprint density at radius 3 is 2.89 bits per heavy atom. The number of para-hydroxylation sites is 1. The number of aryl methyl sites for hydroxylation is 1. The van der Waals surface area contributed by atoms with Crippen LogP contribution >= 0.6 is 15.9 Å². The van der Waals surface area contributed by atoms with E-state index in [0.717, 1.165) is 21.0 Å². The average Bonchev–Trinajstić information content (AvgIpc) is 2.93. The van der Waals surface area contributed by atoms with Gasteiger partial charge < -0.3 is 9.52 Å². The molecule has 1 N–H and O–H groups in total. The first-order valence-corrected chi connectivity index (χ1v) is 6.29. The van der Waals surface area contributed by atoms with Gasteiger partial charge in [-0.15, -0.1) is 0 Å². The number of halogens is 1. The van der Waals surface area contributed by atoms with Crippen LogP contribution in [0.5, 0.6) is 0 Å². The molecule has 3 aromatic rings. The Kier molecular flexibility index (Phi) is 2.72. The van der Waals surface area contributed by atoms with E-state index >= 15 is 0 Å². The van der Waals surface area contributed by atoms with Gasteiger partial charge in [-0.05, 0) is 22.0 Å². The molecule has 1 atom stereocenters. The highest BCUT2D eigenvalue weighted by molar-refractivity contribution is 9.10. The fourth-order valence-electron chi connectivity index (χ4n) is 2.09. The lowest BCUT2D eigenvalue weighted by atomic mass is 10.1. The summed E-state index contributed by atoms with van der Waals surface area (Å²) in [5, 5.41) is 15.5. The molecule has 3 rings (SSSR count). The van der Waals surface area contributed by atoms with Gasteiger partial charge in [0.2, 0.25) is 0 Å². The molecule has 0 spiro atoms. The van der Waals surface area contributed by atoms with E-state index in [-0.39, 0.29) is 0 Å². The molecule has 4 nitrogen and oxygen atoms in total. The lowest BCUT2D eigenvalue weighted by Gasteiger charge is -2.10. The van der Waals surface area contributed by atoms with E-state index in [9.17, 15) is 5.11 Å². The molecule has 5 heteroatoms. The molecule has 0 fully saturated rings. The highest BCUT2D eigenvalue weighted by Gasteiger charge is 2.21. The fourth-order valence-corrected chi connectivity index (χ4v) is 2.65. The second kappa shape index (κ2) is 4.26. The van der Waals surface area contributed by atoms with Gasteiger partial charge in [0.15, 0.2) is 0 Å². The minimum atomic E-state index is -0.768. The van der Waals surface area contributed by atoms with Gasteiger partial charge >= 0.3 is 0 Å².